The van der Waals surface area contributed by atoms with Crippen LogP contribution in [0.3, 0.4) is 0 Å². The summed E-state index contributed by atoms with van der Waals surface area (Å²) in [5.74, 6) is 0.210. The molecule has 6 heteroatoms. The first-order chi connectivity index (χ1) is 9.90. The summed E-state index contributed by atoms with van der Waals surface area (Å²) < 4.78 is 24.0. The van der Waals surface area contributed by atoms with Gasteiger partial charge in [-0.15, -0.1) is 0 Å². The normalized spacial score (nSPS) is 20.9. The number of sulfone groups is 1. The van der Waals surface area contributed by atoms with Crippen molar-refractivity contribution in [1.82, 2.24) is 10.2 Å². The molecule has 0 radical (unpaired) electrons. The molecule has 0 saturated carbocycles. The van der Waals surface area contributed by atoms with E-state index in [9.17, 15) is 8.42 Å². The van der Waals surface area contributed by atoms with Gasteiger partial charge in [-0.1, -0.05) is 23.7 Å². The maximum atomic E-state index is 12.0. The maximum absolute atomic E-state index is 12.0. The van der Waals surface area contributed by atoms with Crippen LogP contribution in [0.25, 0.3) is 0 Å². The molecule has 0 bridgehead atoms. The van der Waals surface area contributed by atoms with Gasteiger partial charge in [0.05, 0.1) is 11.0 Å². The molecule has 1 saturated heterocycles. The summed E-state index contributed by atoms with van der Waals surface area (Å²) in [6, 6.07) is 7.99. The van der Waals surface area contributed by atoms with Gasteiger partial charge in [0.25, 0.3) is 0 Å². The van der Waals surface area contributed by atoms with Gasteiger partial charge in [0.15, 0.2) is 9.84 Å². The number of rotatable bonds is 5. The Hall–Kier alpha value is -0.620. The molecular formula is C15H23ClN2O2S. The van der Waals surface area contributed by atoms with E-state index in [1.807, 2.05) is 24.3 Å². The maximum Gasteiger partial charge on any atom is 0.153 e. The van der Waals surface area contributed by atoms with Crippen LogP contribution in [0.2, 0.25) is 5.02 Å². The van der Waals surface area contributed by atoms with Gasteiger partial charge < -0.3 is 5.32 Å². The Morgan fingerprint density at radius 1 is 1.43 bits per heavy atom. The number of benzene rings is 1. The molecule has 1 heterocycles. The molecule has 1 aliphatic heterocycles. The van der Waals surface area contributed by atoms with Crippen molar-refractivity contribution in [3.63, 3.8) is 0 Å². The van der Waals surface area contributed by atoms with E-state index in [0.717, 1.165) is 25.2 Å². The first kappa shape index (κ1) is 16.7. The Morgan fingerprint density at radius 2 is 2.19 bits per heavy atom. The lowest BCUT2D eigenvalue weighted by Crippen LogP contribution is -2.47. The molecule has 0 aromatic heterocycles. The standard InChI is InChI=1S/C15H23ClN2O2S/c1-12(2)21(19,20)9-8-18-7-6-17-11-15(18)13-4-3-5-14(16)10-13/h3-5,10,12,15,17H,6-9,11H2,1-2H3. The van der Waals surface area contributed by atoms with Crippen LogP contribution in [0.15, 0.2) is 24.3 Å². The summed E-state index contributed by atoms with van der Waals surface area (Å²) in [5, 5.41) is 3.77. The Labute approximate surface area is 132 Å². The fourth-order valence-corrected chi connectivity index (χ4v) is 3.70. The fourth-order valence-electron chi connectivity index (χ4n) is 2.54. The third-order valence-corrected chi connectivity index (χ3v) is 6.39. The van der Waals surface area contributed by atoms with E-state index in [-0.39, 0.29) is 17.0 Å². The van der Waals surface area contributed by atoms with Gasteiger partial charge in [-0.2, -0.15) is 0 Å². The second kappa shape index (κ2) is 7.09. The highest BCUT2D eigenvalue weighted by Gasteiger charge is 2.26. The number of nitrogens with zero attached hydrogens (tertiary/aromatic N) is 1. The van der Waals surface area contributed by atoms with Crippen molar-refractivity contribution >= 4 is 21.4 Å². The van der Waals surface area contributed by atoms with Crippen molar-refractivity contribution < 1.29 is 8.42 Å². The molecule has 118 valence electrons. The third kappa shape index (κ3) is 4.42. The van der Waals surface area contributed by atoms with Crippen molar-refractivity contribution in [3.05, 3.63) is 34.9 Å². The lowest BCUT2D eigenvalue weighted by molar-refractivity contribution is 0.172. The molecule has 1 aromatic carbocycles. The van der Waals surface area contributed by atoms with Gasteiger partial charge in [-0.25, -0.2) is 8.42 Å². The van der Waals surface area contributed by atoms with E-state index in [1.165, 1.54) is 0 Å². The molecule has 0 aliphatic carbocycles. The van der Waals surface area contributed by atoms with Gasteiger partial charge in [-0.05, 0) is 31.5 Å². The number of hydrogen-bond acceptors (Lipinski definition) is 4. The molecule has 0 spiro atoms. The number of piperazine rings is 1. The van der Waals surface area contributed by atoms with Crippen LogP contribution >= 0.6 is 11.6 Å². The van der Waals surface area contributed by atoms with E-state index in [4.69, 9.17) is 11.6 Å². The Morgan fingerprint density at radius 3 is 2.86 bits per heavy atom. The molecule has 1 atom stereocenters. The monoisotopic (exact) mass is 330 g/mol. The lowest BCUT2D eigenvalue weighted by atomic mass is 10.0. The summed E-state index contributed by atoms with van der Waals surface area (Å²) in [6.45, 7) is 6.61. The Bertz CT molecular complexity index is 575. The molecule has 1 fully saturated rings. The molecule has 1 N–H and O–H groups in total. The quantitative estimate of drug-likeness (QED) is 0.898. The van der Waals surface area contributed by atoms with Crippen LogP contribution in [-0.2, 0) is 9.84 Å². The first-order valence-electron chi connectivity index (χ1n) is 7.32. The smallest absolute Gasteiger partial charge is 0.153 e. The highest BCUT2D eigenvalue weighted by molar-refractivity contribution is 7.92. The highest BCUT2D eigenvalue weighted by Crippen LogP contribution is 2.24. The molecule has 0 amide bonds. The van der Waals surface area contributed by atoms with E-state index in [1.54, 1.807) is 13.8 Å². The molecule has 1 aliphatic rings. The van der Waals surface area contributed by atoms with Crippen LogP contribution in [0.4, 0.5) is 0 Å². The minimum Gasteiger partial charge on any atom is -0.314 e. The molecule has 21 heavy (non-hydrogen) atoms. The van der Waals surface area contributed by atoms with E-state index in [0.29, 0.717) is 11.6 Å². The summed E-state index contributed by atoms with van der Waals surface area (Å²) in [4.78, 5) is 2.24. The molecule has 1 aromatic rings. The van der Waals surface area contributed by atoms with Gasteiger partial charge in [0.2, 0.25) is 0 Å². The highest BCUT2D eigenvalue weighted by atomic mass is 35.5. The number of halogens is 1. The summed E-state index contributed by atoms with van der Waals surface area (Å²) in [6.07, 6.45) is 0. The van der Waals surface area contributed by atoms with Crippen molar-refractivity contribution in [3.8, 4) is 0 Å². The zero-order chi connectivity index (χ0) is 15.5. The van der Waals surface area contributed by atoms with Crippen molar-refractivity contribution in [2.75, 3.05) is 31.9 Å². The van der Waals surface area contributed by atoms with Crippen molar-refractivity contribution in [2.24, 2.45) is 0 Å². The second-order valence-corrected chi connectivity index (χ2v) is 8.84. The SMILES string of the molecule is CC(C)S(=O)(=O)CCN1CCNCC1c1cccc(Cl)c1. The zero-order valence-electron chi connectivity index (χ0n) is 12.5. The minimum atomic E-state index is -3.00. The average Bonchev–Trinajstić information content (AvgIpc) is 2.45. The predicted octanol–water partition coefficient (Wildman–Crippen LogP) is 2.11. The number of nitrogens with one attached hydrogen (secondary N) is 1. The van der Waals surface area contributed by atoms with E-state index in [2.05, 4.69) is 10.2 Å². The van der Waals surface area contributed by atoms with Gasteiger partial charge in [0, 0.05) is 37.2 Å². The van der Waals surface area contributed by atoms with Crippen molar-refractivity contribution in [1.29, 1.82) is 0 Å². The summed E-state index contributed by atoms with van der Waals surface area (Å²) >= 11 is 6.07. The Balaban J connectivity index is 2.09. The minimum absolute atomic E-state index is 0.180. The number of hydrogen-bond donors (Lipinski definition) is 1. The lowest BCUT2D eigenvalue weighted by Gasteiger charge is -2.36. The summed E-state index contributed by atoms with van der Waals surface area (Å²) in [5.41, 5.74) is 1.14. The molecule has 2 rings (SSSR count). The Kier molecular flexibility index (Phi) is 5.66. The topological polar surface area (TPSA) is 49.4 Å². The third-order valence-electron chi connectivity index (χ3n) is 3.97. The molecular weight excluding hydrogens is 308 g/mol. The van der Waals surface area contributed by atoms with Crippen LogP contribution in [0.5, 0.6) is 0 Å². The van der Waals surface area contributed by atoms with Crippen molar-refractivity contribution in [2.45, 2.75) is 25.1 Å². The van der Waals surface area contributed by atoms with Crippen LogP contribution in [0, 0.1) is 0 Å². The van der Waals surface area contributed by atoms with E-state index >= 15 is 0 Å². The van der Waals surface area contributed by atoms with Crippen LogP contribution in [0.1, 0.15) is 25.5 Å². The van der Waals surface area contributed by atoms with E-state index < -0.39 is 9.84 Å². The first-order valence-corrected chi connectivity index (χ1v) is 9.41. The fraction of sp³-hybridized carbons (Fsp3) is 0.600. The van der Waals surface area contributed by atoms with Gasteiger partial charge in [0.1, 0.15) is 0 Å². The van der Waals surface area contributed by atoms with Crippen LogP contribution in [-0.4, -0.2) is 50.5 Å². The molecule has 1 unspecified atom stereocenters. The van der Waals surface area contributed by atoms with Crippen LogP contribution < -0.4 is 5.32 Å². The molecule has 4 nitrogen and oxygen atoms in total. The second-order valence-electron chi connectivity index (χ2n) is 5.73. The average molecular weight is 331 g/mol. The van der Waals surface area contributed by atoms with Gasteiger partial charge >= 0.3 is 0 Å². The summed E-state index contributed by atoms with van der Waals surface area (Å²) in [7, 11) is -3.00. The zero-order valence-corrected chi connectivity index (χ0v) is 14.1. The van der Waals surface area contributed by atoms with Gasteiger partial charge in [-0.3, -0.25) is 4.90 Å². The predicted molar refractivity (Wildman–Crippen MR) is 87.6 cm³/mol. The largest absolute Gasteiger partial charge is 0.314 e.